The van der Waals surface area contributed by atoms with Crippen LogP contribution in [-0.2, 0) is 13.2 Å². The lowest BCUT2D eigenvalue weighted by molar-refractivity contribution is -0.138. The fourth-order valence-corrected chi connectivity index (χ4v) is 3.48. The lowest BCUT2D eigenvalue weighted by Crippen LogP contribution is -2.35. The molecule has 2 aromatic heterocycles. The monoisotopic (exact) mass is 450 g/mol. The zero-order chi connectivity index (χ0) is 22.6. The van der Waals surface area contributed by atoms with E-state index in [-0.39, 0.29) is 21.8 Å². The second-order valence-corrected chi connectivity index (χ2v) is 7.57. The molecule has 0 saturated heterocycles. The molecule has 12 heteroatoms. The number of amides is 1. The maximum atomic E-state index is 13.5. The Hall–Kier alpha value is -3.52. The Bertz CT molecular complexity index is 1240. The molecule has 1 aliphatic carbocycles. The molecule has 2 heterocycles. The van der Waals surface area contributed by atoms with E-state index < -0.39 is 34.8 Å². The Labute approximate surface area is 178 Å². The third kappa shape index (κ3) is 3.59. The van der Waals surface area contributed by atoms with Gasteiger partial charge in [-0.1, -0.05) is 17.7 Å². The normalized spacial score (nSPS) is 14.8. The number of rotatable bonds is 4. The number of carbonyl (C=O) groups excluding carboxylic acids is 1. The minimum Gasteiger partial charge on any atom is -0.492 e. The number of aryl methyl sites for hydroxylation is 1. The summed E-state index contributed by atoms with van der Waals surface area (Å²) >= 11 is 6.15. The van der Waals surface area contributed by atoms with Gasteiger partial charge in [-0.15, -0.1) is 5.10 Å². The molecule has 1 saturated carbocycles. The summed E-state index contributed by atoms with van der Waals surface area (Å²) in [6.45, 7) is 0. The molecule has 0 aliphatic heterocycles. The second-order valence-electron chi connectivity index (χ2n) is 7.16. The molecule has 4 rings (SSSR count). The number of aromatic nitrogens is 4. The van der Waals surface area contributed by atoms with Crippen molar-refractivity contribution in [3.05, 3.63) is 40.5 Å². The van der Waals surface area contributed by atoms with Gasteiger partial charge in [0.15, 0.2) is 0 Å². The molecule has 31 heavy (non-hydrogen) atoms. The molecular formula is C19H14ClF3N6O2. The van der Waals surface area contributed by atoms with Crippen LogP contribution in [0.2, 0.25) is 5.02 Å². The van der Waals surface area contributed by atoms with Crippen LogP contribution in [0.5, 0.6) is 5.88 Å². The van der Waals surface area contributed by atoms with Crippen molar-refractivity contribution in [1.82, 2.24) is 25.3 Å². The molecule has 0 unspecified atom stereocenters. The van der Waals surface area contributed by atoms with E-state index in [2.05, 4.69) is 20.6 Å². The number of H-pyrrole nitrogens is 1. The number of benzene rings is 1. The molecular weight excluding hydrogens is 437 g/mol. The maximum absolute atomic E-state index is 13.5. The van der Waals surface area contributed by atoms with Gasteiger partial charge < -0.3 is 10.4 Å². The molecule has 0 bridgehead atoms. The molecule has 0 spiro atoms. The third-order valence-corrected chi connectivity index (χ3v) is 5.35. The van der Waals surface area contributed by atoms with Crippen LogP contribution in [0.4, 0.5) is 13.2 Å². The SMILES string of the molecule is Cn1nc(O)c(C(F)(F)F)c1-c1n[nH]cc1-c1ccc(Cl)c(C(=O)NC2(C#N)CC2)c1. The number of nitrogens with zero attached hydrogens (tertiary/aromatic N) is 4. The van der Waals surface area contributed by atoms with Gasteiger partial charge in [0.1, 0.15) is 22.5 Å². The number of nitriles is 1. The number of aromatic hydroxyl groups is 1. The van der Waals surface area contributed by atoms with Crippen molar-refractivity contribution in [3.8, 4) is 34.5 Å². The van der Waals surface area contributed by atoms with Gasteiger partial charge in [-0.25, -0.2) is 0 Å². The first-order valence-corrected chi connectivity index (χ1v) is 9.35. The van der Waals surface area contributed by atoms with Gasteiger partial charge >= 0.3 is 6.18 Å². The first kappa shape index (κ1) is 20.7. The highest BCUT2D eigenvalue weighted by molar-refractivity contribution is 6.34. The van der Waals surface area contributed by atoms with Crippen LogP contribution in [-0.4, -0.2) is 36.5 Å². The molecule has 1 aliphatic rings. The minimum atomic E-state index is -4.87. The van der Waals surface area contributed by atoms with Crippen LogP contribution in [0.1, 0.15) is 28.8 Å². The molecule has 0 radical (unpaired) electrons. The Morgan fingerprint density at radius 1 is 1.42 bits per heavy atom. The van der Waals surface area contributed by atoms with E-state index in [0.29, 0.717) is 18.4 Å². The van der Waals surface area contributed by atoms with Crippen LogP contribution >= 0.6 is 11.6 Å². The molecule has 1 aromatic carbocycles. The fourth-order valence-electron chi connectivity index (χ4n) is 3.27. The summed E-state index contributed by atoms with van der Waals surface area (Å²) in [5.74, 6) is -1.73. The van der Waals surface area contributed by atoms with Crippen LogP contribution < -0.4 is 5.32 Å². The van der Waals surface area contributed by atoms with Crippen LogP contribution in [0.3, 0.4) is 0 Å². The van der Waals surface area contributed by atoms with Gasteiger partial charge in [-0.3, -0.25) is 14.6 Å². The first-order chi connectivity index (χ1) is 14.6. The molecule has 8 nitrogen and oxygen atoms in total. The lowest BCUT2D eigenvalue weighted by atomic mass is 10.00. The molecule has 160 valence electrons. The zero-order valence-corrected chi connectivity index (χ0v) is 16.6. The summed E-state index contributed by atoms with van der Waals surface area (Å²) in [5.41, 5.74) is -2.13. The van der Waals surface area contributed by atoms with Crippen molar-refractivity contribution < 1.29 is 23.1 Å². The minimum absolute atomic E-state index is 0.0664. The summed E-state index contributed by atoms with van der Waals surface area (Å²) in [4.78, 5) is 12.6. The van der Waals surface area contributed by atoms with Crippen molar-refractivity contribution in [1.29, 1.82) is 5.26 Å². The van der Waals surface area contributed by atoms with Crippen LogP contribution in [0.15, 0.2) is 24.4 Å². The number of halogens is 4. The van der Waals surface area contributed by atoms with Gasteiger partial charge in [-0.05, 0) is 30.5 Å². The largest absolute Gasteiger partial charge is 0.492 e. The van der Waals surface area contributed by atoms with E-state index in [0.717, 1.165) is 4.68 Å². The van der Waals surface area contributed by atoms with Crippen LogP contribution in [0.25, 0.3) is 22.5 Å². The standard InChI is InChI=1S/C19H14ClF3N6O2/c1-29-15(13(17(31)28-29)19(21,22)23)14-11(7-25-27-14)9-2-3-12(20)10(6-9)16(30)26-18(8-24)4-5-18/h2-3,6-7H,4-5H2,1H3,(H,25,27)(H,26,30)(H,28,31). The summed E-state index contributed by atoms with van der Waals surface area (Å²) < 4.78 is 41.4. The smallest absolute Gasteiger partial charge is 0.423 e. The topological polar surface area (TPSA) is 120 Å². The third-order valence-electron chi connectivity index (χ3n) is 5.02. The van der Waals surface area contributed by atoms with E-state index in [4.69, 9.17) is 11.6 Å². The highest BCUT2D eigenvalue weighted by Crippen LogP contribution is 2.44. The van der Waals surface area contributed by atoms with Crippen molar-refractivity contribution in [2.75, 3.05) is 0 Å². The van der Waals surface area contributed by atoms with Crippen molar-refractivity contribution >= 4 is 17.5 Å². The zero-order valence-electron chi connectivity index (χ0n) is 15.9. The van der Waals surface area contributed by atoms with Gasteiger partial charge in [-0.2, -0.15) is 23.5 Å². The average molecular weight is 451 g/mol. The van der Waals surface area contributed by atoms with Crippen LogP contribution in [0, 0.1) is 11.3 Å². The highest BCUT2D eigenvalue weighted by Gasteiger charge is 2.45. The molecule has 3 N–H and O–H groups in total. The first-order valence-electron chi connectivity index (χ1n) is 8.97. The van der Waals surface area contributed by atoms with Gasteiger partial charge in [0.2, 0.25) is 5.88 Å². The predicted molar refractivity (Wildman–Crippen MR) is 103 cm³/mol. The van der Waals surface area contributed by atoms with Crippen molar-refractivity contribution in [2.24, 2.45) is 7.05 Å². The summed E-state index contributed by atoms with van der Waals surface area (Å²) in [6.07, 6.45) is -2.45. The van der Waals surface area contributed by atoms with E-state index >= 15 is 0 Å². The van der Waals surface area contributed by atoms with Gasteiger partial charge in [0.25, 0.3) is 5.91 Å². The molecule has 3 aromatic rings. The van der Waals surface area contributed by atoms with E-state index in [1.54, 1.807) is 0 Å². The predicted octanol–water partition coefficient (Wildman–Crippen LogP) is 3.64. The summed E-state index contributed by atoms with van der Waals surface area (Å²) in [5, 5.41) is 31.5. The van der Waals surface area contributed by atoms with Crippen molar-refractivity contribution in [2.45, 2.75) is 24.6 Å². The van der Waals surface area contributed by atoms with E-state index in [1.165, 1.54) is 31.4 Å². The Morgan fingerprint density at radius 2 is 2.13 bits per heavy atom. The number of hydrogen-bond donors (Lipinski definition) is 3. The Kier molecular flexibility index (Phi) is 4.70. The van der Waals surface area contributed by atoms with Gasteiger partial charge in [0.05, 0.1) is 16.7 Å². The summed E-state index contributed by atoms with van der Waals surface area (Å²) in [6, 6.07) is 6.40. The quantitative estimate of drug-likeness (QED) is 0.560. The number of carbonyl (C=O) groups is 1. The van der Waals surface area contributed by atoms with E-state index in [1.807, 2.05) is 6.07 Å². The van der Waals surface area contributed by atoms with Gasteiger partial charge in [0, 0.05) is 18.8 Å². The number of aromatic amines is 1. The Balaban J connectivity index is 1.79. The molecule has 0 atom stereocenters. The number of alkyl halides is 3. The Morgan fingerprint density at radius 3 is 2.74 bits per heavy atom. The number of hydrogen-bond acceptors (Lipinski definition) is 5. The summed E-state index contributed by atoms with van der Waals surface area (Å²) in [7, 11) is 1.25. The fraction of sp³-hybridized carbons (Fsp3) is 0.263. The van der Waals surface area contributed by atoms with Crippen molar-refractivity contribution in [3.63, 3.8) is 0 Å². The second kappa shape index (κ2) is 7.02. The molecule has 1 fully saturated rings. The maximum Gasteiger partial charge on any atom is 0.423 e. The number of nitrogens with one attached hydrogen (secondary N) is 2. The van der Waals surface area contributed by atoms with E-state index in [9.17, 15) is 28.3 Å². The average Bonchev–Trinajstić information content (AvgIpc) is 3.16. The molecule has 1 amide bonds. The highest BCUT2D eigenvalue weighted by atomic mass is 35.5. The lowest BCUT2D eigenvalue weighted by Gasteiger charge is -2.12.